The van der Waals surface area contributed by atoms with Gasteiger partial charge in [0.1, 0.15) is 5.76 Å². The van der Waals surface area contributed by atoms with Crippen LogP contribution < -0.4 is 5.32 Å². The molecule has 0 aliphatic heterocycles. The summed E-state index contributed by atoms with van der Waals surface area (Å²) >= 11 is 0. The van der Waals surface area contributed by atoms with Gasteiger partial charge in [0, 0.05) is 13.0 Å². The van der Waals surface area contributed by atoms with Crippen LogP contribution in [0.5, 0.6) is 0 Å². The molecule has 2 aromatic rings. The number of benzene rings is 1. The van der Waals surface area contributed by atoms with E-state index in [1.54, 1.807) is 30.5 Å². The van der Waals surface area contributed by atoms with Crippen molar-refractivity contribution in [2.75, 3.05) is 0 Å². The molecule has 0 unspecified atom stereocenters. The van der Waals surface area contributed by atoms with Crippen LogP contribution in [0, 0.1) is 0 Å². The Hall–Kier alpha value is -2.14. The molecule has 0 bridgehead atoms. The van der Waals surface area contributed by atoms with Crippen LogP contribution in [-0.4, -0.2) is 16.1 Å². The fraction of sp³-hybridized carbons (Fsp3) is 0.333. The van der Waals surface area contributed by atoms with Crippen molar-refractivity contribution in [3.63, 3.8) is 0 Å². The van der Waals surface area contributed by atoms with Gasteiger partial charge in [-0.2, -0.15) is 0 Å². The lowest BCUT2D eigenvalue weighted by Crippen LogP contribution is -2.12. The highest BCUT2D eigenvalue weighted by atomic mass is 16.4. The number of hydrogen-bond donors (Lipinski definition) is 2. The molecule has 0 aliphatic carbocycles. The molecule has 1 heterocycles. The topological polar surface area (TPSA) is 75.4 Å². The van der Waals surface area contributed by atoms with E-state index in [0.29, 0.717) is 18.7 Å². The first kappa shape index (κ1) is 14.3. The average molecular weight is 274 g/mol. The zero-order chi connectivity index (χ0) is 14.4. The Bertz CT molecular complexity index is 561. The van der Waals surface area contributed by atoms with Crippen molar-refractivity contribution in [2.24, 2.45) is 0 Å². The number of nitrogens with zero attached hydrogens (tertiary/aromatic N) is 1. The van der Waals surface area contributed by atoms with Gasteiger partial charge in [-0.25, -0.2) is 9.78 Å². The normalized spacial score (nSPS) is 10.7. The number of hydrogen-bond acceptors (Lipinski definition) is 4. The molecule has 0 saturated carbocycles. The summed E-state index contributed by atoms with van der Waals surface area (Å²) in [6, 6.07) is 6.82. The average Bonchev–Trinajstić information content (AvgIpc) is 2.87. The lowest BCUT2D eigenvalue weighted by atomic mass is 10.1. The Morgan fingerprint density at radius 1 is 1.30 bits per heavy atom. The number of rotatable bonds is 7. The van der Waals surface area contributed by atoms with Gasteiger partial charge in [0.05, 0.1) is 18.3 Å². The van der Waals surface area contributed by atoms with E-state index in [2.05, 4.69) is 17.2 Å². The van der Waals surface area contributed by atoms with E-state index in [9.17, 15) is 4.79 Å². The molecule has 106 valence electrons. The lowest BCUT2D eigenvalue weighted by molar-refractivity contribution is 0.0697. The monoisotopic (exact) mass is 274 g/mol. The van der Waals surface area contributed by atoms with Gasteiger partial charge in [0.25, 0.3) is 0 Å². The molecule has 0 fully saturated rings. The van der Waals surface area contributed by atoms with E-state index in [1.807, 2.05) is 0 Å². The quantitative estimate of drug-likeness (QED) is 0.811. The second kappa shape index (κ2) is 6.86. The number of aromatic carboxylic acids is 1. The molecule has 2 N–H and O–H groups in total. The largest absolute Gasteiger partial charge is 0.478 e. The summed E-state index contributed by atoms with van der Waals surface area (Å²) in [4.78, 5) is 14.9. The summed E-state index contributed by atoms with van der Waals surface area (Å²) in [5, 5.41) is 12.1. The van der Waals surface area contributed by atoms with Crippen LogP contribution in [0.3, 0.4) is 0 Å². The van der Waals surface area contributed by atoms with Crippen LogP contribution in [-0.2, 0) is 19.5 Å². The molecule has 0 saturated heterocycles. The summed E-state index contributed by atoms with van der Waals surface area (Å²) < 4.78 is 5.56. The van der Waals surface area contributed by atoms with E-state index < -0.39 is 5.97 Å². The highest BCUT2D eigenvalue weighted by molar-refractivity contribution is 5.87. The summed E-state index contributed by atoms with van der Waals surface area (Å²) in [5.41, 5.74) is 1.33. The van der Waals surface area contributed by atoms with Crippen LogP contribution in [0.1, 0.15) is 40.9 Å². The number of oxazole rings is 1. The van der Waals surface area contributed by atoms with Gasteiger partial charge >= 0.3 is 5.97 Å². The number of aryl methyl sites for hydroxylation is 1. The molecular weight excluding hydrogens is 256 g/mol. The number of carboxylic acids is 1. The molecule has 0 aliphatic rings. The standard InChI is InChI=1S/C15H18N2O3/c1-2-3-14-17-10-13(20-14)9-16-8-11-4-6-12(7-5-11)15(18)19/h4-7,10,16H,2-3,8-9H2,1H3,(H,18,19). The van der Waals surface area contributed by atoms with E-state index in [0.717, 1.165) is 30.1 Å². The molecule has 0 amide bonds. The highest BCUT2D eigenvalue weighted by Gasteiger charge is 2.04. The van der Waals surface area contributed by atoms with Crippen molar-refractivity contribution in [1.29, 1.82) is 0 Å². The smallest absolute Gasteiger partial charge is 0.335 e. The summed E-state index contributed by atoms with van der Waals surface area (Å²) in [6.45, 7) is 3.35. The van der Waals surface area contributed by atoms with Crippen LogP contribution in [0.15, 0.2) is 34.9 Å². The van der Waals surface area contributed by atoms with Gasteiger partial charge < -0.3 is 14.8 Å². The zero-order valence-corrected chi connectivity index (χ0v) is 11.4. The third-order valence-electron chi connectivity index (χ3n) is 2.89. The molecule has 1 aromatic heterocycles. The number of carboxylic acid groups (broad SMARTS) is 1. The Kier molecular flexibility index (Phi) is 4.90. The first-order valence-electron chi connectivity index (χ1n) is 6.65. The van der Waals surface area contributed by atoms with Gasteiger partial charge in [-0.05, 0) is 24.1 Å². The molecule has 0 spiro atoms. The molecular formula is C15H18N2O3. The lowest BCUT2D eigenvalue weighted by Gasteiger charge is -2.03. The fourth-order valence-corrected chi connectivity index (χ4v) is 1.85. The first-order chi connectivity index (χ1) is 9.69. The van der Waals surface area contributed by atoms with Crippen LogP contribution >= 0.6 is 0 Å². The number of aromatic nitrogens is 1. The second-order valence-electron chi connectivity index (χ2n) is 4.58. The van der Waals surface area contributed by atoms with Crippen molar-refractivity contribution < 1.29 is 14.3 Å². The maximum Gasteiger partial charge on any atom is 0.335 e. The first-order valence-corrected chi connectivity index (χ1v) is 6.65. The van der Waals surface area contributed by atoms with Crippen molar-refractivity contribution >= 4 is 5.97 Å². The second-order valence-corrected chi connectivity index (χ2v) is 4.58. The number of nitrogens with one attached hydrogen (secondary N) is 1. The van der Waals surface area contributed by atoms with E-state index in [-0.39, 0.29) is 0 Å². The maximum absolute atomic E-state index is 10.7. The van der Waals surface area contributed by atoms with Crippen LogP contribution in [0.25, 0.3) is 0 Å². The van der Waals surface area contributed by atoms with Gasteiger partial charge in [-0.3, -0.25) is 0 Å². The Morgan fingerprint density at radius 2 is 2.05 bits per heavy atom. The minimum absolute atomic E-state index is 0.299. The molecule has 20 heavy (non-hydrogen) atoms. The number of carbonyl (C=O) groups is 1. The van der Waals surface area contributed by atoms with Crippen molar-refractivity contribution in [2.45, 2.75) is 32.9 Å². The predicted molar refractivity (Wildman–Crippen MR) is 74.4 cm³/mol. The van der Waals surface area contributed by atoms with Crippen LogP contribution in [0.4, 0.5) is 0 Å². The van der Waals surface area contributed by atoms with E-state index in [4.69, 9.17) is 9.52 Å². The molecule has 2 rings (SSSR count). The third-order valence-corrected chi connectivity index (χ3v) is 2.89. The predicted octanol–water partition coefficient (Wildman–Crippen LogP) is 2.62. The fourth-order valence-electron chi connectivity index (χ4n) is 1.85. The maximum atomic E-state index is 10.7. The minimum Gasteiger partial charge on any atom is -0.478 e. The molecule has 5 heteroatoms. The Morgan fingerprint density at radius 3 is 2.70 bits per heavy atom. The van der Waals surface area contributed by atoms with Crippen molar-refractivity contribution in [1.82, 2.24) is 10.3 Å². The van der Waals surface area contributed by atoms with Crippen molar-refractivity contribution in [3.05, 3.63) is 53.2 Å². The van der Waals surface area contributed by atoms with Gasteiger partial charge in [0.15, 0.2) is 5.89 Å². The van der Waals surface area contributed by atoms with E-state index in [1.165, 1.54) is 0 Å². The van der Waals surface area contributed by atoms with Gasteiger partial charge in [-0.1, -0.05) is 19.1 Å². The zero-order valence-electron chi connectivity index (χ0n) is 11.4. The van der Waals surface area contributed by atoms with E-state index >= 15 is 0 Å². The summed E-state index contributed by atoms with van der Waals surface area (Å²) in [7, 11) is 0. The third kappa shape index (κ3) is 3.93. The summed E-state index contributed by atoms with van der Waals surface area (Å²) in [5.74, 6) is 0.681. The molecule has 0 atom stereocenters. The van der Waals surface area contributed by atoms with Gasteiger partial charge in [0.2, 0.25) is 0 Å². The molecule has 0 radical (unpaired) electrons. The Labute approximate surface area is 117 Å². The molecule has 5 nitrogen and oxygen atoms in total. The molecule has 1 aromatic carbocycles. The summed E-state index contributed by atoms with van der Waals surface area (Å²) in [6.07, 6.45) is 3.62. The highest BCUT2D eigenvalue weighted by Crippen LogP contribution is 2.07. The van der Waals surface area contributed by atoms with Gasteiger partial charge in [-0.15, -0.1) is 0 Å². The minimum atomic E-state index is -0.908. The van der Waals surface area contributed by atoms with Crippen molar-refractivity contribution in [3.8, 4) is 0 Å². The Balaban J connectivity index is 1.81. The SMILES string of the molecule is CCCc1ncc(CNCc2ccc(C(=O)O)cc2)o1. The van der Waals surface area contributed by atoms with Crippen LogP contribution in [0.2, 0.25) is 0 Å².